The van der Waals surface area contributed by atoms with E-state index in [4.69, 9.17) is 4.42 Å². The molecule has 0 amide bonds. The fraction of sp³-hybridized carbons (Fsp3) is 0.294. The number of furan rings is 1. The summed E-state index contributed by atoms with van der Waals surface area (Å²) in [6.45, 7) is 6.11. The van der Waals surface area contributed by atoms with E-state index in [-0.39, 0.29) is 5.41 Å². The zero-order valence-corrected chi connectivity index (χ0v) is 11.5. The molecule has 3 rings (SSSR count). The molecule has 2 aromatic carbocycles. The van der Waals surface area contributed by atoms with E-state index in [0.29, 0.717) is 0 Å². The van der Waals surface area contributed by atoms with Gasteiger partial charge >= 0.3 is 0 Å². The van der Waals surface area contributed by atoms with Crippen molar-refractivity contribution in [1.82, 2.24) is 0 Å². The maximum Gasteiger partial charge on any atom is 0.135 e. The topological polar surface area (TPSA) is 33.4 Å². The van der Waals surface area contributed by atoms with E-state index >= 15 is 0 Å². The lowest BCUT2D eigenvalue weighted by Gasteiger charge is -2.26. The Morgan fingerprint density at radius 1 is 0.947 bits per heavy atom. The van der Waals surface area contributed by atoms with Crippen molar-refractivity contribution in [3.8, 4) is 0 Å². The molecule has 1 aromatic heterocycles. The molecule has 0 aliphatic carbocycles. The largest absolute Gasteiger partial charge is 0.456 e. The molecule has 0 radical (unpaired) electrons. The first-order valence-electron chi connectivity index (χ1n) is 6.56. The quantitative estimate of drug-likeness (QED) is 0.684. The summed E-state index contributed by atoms with van der Waals surface area (Å²) >= 11 is 0. The first kappa shape index (κ1) is 12.2. The van der Waals surface area contributed by atoms with E-state index in [9.17, 15) is 5.11 Å². The highest BCUT2D eigenvalue weighted by atomic mass is 16.3. The van der Waals surface area contributed by atoms with E-state index in [1.807, 2.05) is 57.2 Å². The van der Waals surface area contributed by atoms with E-state index in [1.165, 1.54) is 0 Å². The monoisotopic (exact) mass is 254 g/mol. The van der Waals surface area contributed by atoms with E-state index < -0.39 is 6.10 Å². The van der Waals surface area contributed by atoms with E-state index in [1.54, 1.807) is 0 Å². The van der Waals surface area contributed by atoms with Gasteiger partial charge in [-0.1, -0.05) is 45.0 Å². The normalized spacial score (nSPS) is 14.1. The molecule has 2 heteroatoms. The second-order valence-electron chi connectivity index (χ2n) is 6.12. The molecule has 2 nitrogen and oxygen atoms in total. The average molecular weight is 254 g/mol. The molecule has 1 N–H and O–H groups in total. The van der Waals surface area contributed by atoms with Gasteiger partial charge in [0.05, 0.1) is 6.10 Å². The zero-order chi connectivity index (χ0) is 13.6. The average Bonchev–Trinajstić information content (AvgIpc) is 2.74. The second kappa shape index (κ2) is 4.10. The fourth-order valence-electron chi connectivity index (χ4n) is 2.41. The molecule has 19 heavy (non-hydrogen) atoms. The minimum atomic E-state index is -0.481. The first-order valence-corrected chi connectivity index (χ1v) is 6.56. The number of rotatable bonds is 1. The highest BCUT2D eigenvalue weighted by Gasteiger charge is 2.24. The van der Waals surface area contributed by atoms with Crippen molar-refractivity contribution < 1.29 is 9.52 Å². The number of aliphatic hydroxyl groups excluding tert-OH is 1. The number of hydrogen-bond donors (Lipinski definition) is 1. The molecule has 0 bridgehead atoms. The van der Waals surface area contributed by atoms with Gasteiger partial charge in [-0.3, -0.25) is 0 Å². The third kappa shape index (κ3) is 2.02. The van der Waals surface area contributed by atoms with Gasteiger partial charge in [0.25, 0.3) is 0 Å². The molecule has 0 saturated heterocycles. The van der Waals surface area contributed by atoms with Crippen molar-refractivity contribution in [2.45, 2.75) is 26.9 Å². The molecule has 0 saturated carbocycles. The van der Waals surface area contributed by atoms with Crippen LogP contribution in [0.3, 0.4) is 0 Å². The van der Waals surface area contributed by atoms with Crippen LogP contribution in [0.1, 0.15) is 32.4 Å². The van der Waals surface area contributed by atoms with Gasteiger partial charge in [0.2, 0.25) is 0 Å². The first-order chi connectivity index (χ1) is 8.97. The summed E-state index contributed by atoms with van der Waals surface area (Å²) in [7, 11) is 0. The molecule has 1 atom stereocenters. The molecular formula is C17H18O2. The van der Waals surface area contributed by atoms with Crippen LogP contribution >= 0.6 is 0 Å². The van der Waals surface area contributed by atoms with E-state index in [0.717, 1.165) is 27.5 Å². The summed E-state index contributed by atoms with van der Waals surface area (Å²) in [5.74, 6) is 0. The van der Waals surface area contributed by atoms with Crippen molar-refractivity contribution in [2.24, 2.45) is 5.41 Å². The lowest BCUT2D eigenvalue weighted by Crippen LogP contribution is -2.17. The van der Waals surface area contributed by atoms with Gasteiger partial charge in [0, 0.05) is 10.8 Å². The molecule has 1 heterocycles. The maximum atomic E-state index is 10.4. The van der Waals surface area contributed by atoms with Gasteiger partial charge in [-0.05, 0) is 29.2 Å². The standard InChI is InChI=1S/C17H18O2/c1-17(2,3)16(18)11-8-9-15-13(10-11)12-6-4-5-7-14(12)19-15/h4-10,16,18H,1-3H3. The summed E-state index contributed by atoms with van der Waals surface area (Å²) in [5.41, 5.74) is 2.52. The Hall–Kier alpha value is -1.80. The van der Waals surface area contributed by atoms with Crippen LogP contribution in [0.2, 0.25) is 0 Å². The summed E-state index contributed by atoms with van der Waals surface area (Å²) in [6, 6.07) is 13.9. The molecule has 0 aliphatic heterocycles. The molecule has 0 spiro atoms. The summed E-state index contributed by atoms with van der Waals surface area (Å²) < 4.78 is 5.79. The van der Waals surface area contributed by atoms with Crippen LogP contribution in [0, 0.1) is 5.41 Å². The van der Waals surface area contributed by atoms with Crippen molar-refractivity contribution in [1.29, 1.82) is 0 Å². The number of aliphatic hydroxyl groups is 1. The van der Waals surface area contributed by atoms with Gasteiger partial charge < -0.3 is 9.52 Å². The highest BCUT2D eigenvalue weighted by Crippen LogP contribution is 2.36. The Balaban J connectivity index is 2.22. The maximum absolute atomic E-state index is 10.4. The van der Waals surface area contributed by atoms with Gasteiger partial charge in [-0.15, -0.1) is 0 Å². The predicted molar refractivity (Wildman–Crippen MR) is 78.1 cm³/mol. The Bertz CT molecular complexity index is 732. The molecule has 3 aromatic rings. The summed E-state index contributed by atoms with van der Waals surface area (Å²) in [6.07, 6.45) is -0.481. The summed E-state index contributed by atoms with van der Waals surface area (Å²) in [4.78, 5) is 0. The number of fused-ring (bicyclic) bond motifs is 3. The number of hydrogen-bond acceptors (Lipinski definition) is 2. The number of para-hydroxylation sites is 1. The van der Waals surface area contributed by atoms with Gasteiger partial charge in [-0.2, -0.15) is 0 Å². The molecule has 1 unspecified atom stereocenters. The van der Waals surface area contributed by atoms with Crippen molar-refractivity contribution >= 4 is 21.9 Å². The molecule has 98 valence electrons. The Kier molecular flexibility index (Phi) is 2.64. The van der Waals surface area contributed by atoms with Crippen LogP contribution in [-0.2, 0) is 0 Å². The predicted octanol–water partition coefficient (Wildman–Crippen LogP) is 4.67. The zero-order valence-electron chi connectivity index (χ0n) is 11.5. The Morgan fingerprint density at radius 3 is 2.37 bits per heavy atom. The van der Waals surface area contributed by atoms with Crippen LogP contribution in [0.4, 0.5) is 0 Å². The number of benzene rings is 2. The smallest absolute Gasteiger partial charge is 0.135 e. The Morgan fingerprint density at radius 2 is 1.63 bits per heavy atom. The SMILES string of the molecule is CC(C)(C)C(O)c1ccc2oc3ccccc3c2c1. The third-order valence-electron chi connectivity index (χ3n) is 3.54. The van der Waals surface area contributed by atoms with Crippen LogP contribution in [0.25, 0.3) is 21.9 Å². The summed E-state index contributed by atoms with van der Waals surface area (Å²) in [5, 5.41) is 12.6. The lowest BCUT2D eigenvalue weighted by molar-refractivity contribution is 0.0628. The van der Waals surface area contributed by atoms with Crippen molar-refractivity contribution in [2.75, 3.05) is 0 Å². The minimum Gasteiger partial charge on any atom is -0.456 e. The van der Waals surface area contributed by atoms with Crippen LogP contribution in [-0.4, -0.2) is 5.11 Å². The lowest BCUT2D eigenvalue weighted by atomic mass is 9.84. The van der Waals surface area contributed by atoms with Crippen molar-refractivity contribution in [3.63, 3.8) is 0 Å². The molecule has 0 aliphatic rings. The van der Waals surface area contributed by atoms with Crippen LogP contribution < -0.4 is 0 Å². The highest BCUT2D eigenvalue weighted by molar-refractivity contribution is 6.04. The van der Waals surface area contributed by atoms with Gasteiger partial charge in [-0.25, -0.2) is 0 Å². The van der Waals surface area contributed by atoms with Crippen molar-refractivity contribution in [3.05, 3.63) is 48.0 Å². The Labute approximate surface area is 112 Å². The van der Waals surface area contributed by atoms with E-state index in [2.05, 4.69) is 6.07 Å². The fourth-order valence-corrected chi connectivity index (χ4v) is 2.41. The molecule has 0 fully saturated rings. The minimum absolute atomic E-state index is 0.173. The van der Waals surface area contributed by atoms with Crippen LogP contribution in [0.5, 0.6) is 0 Å². The van der Waals surface area contributed by atoms with Crippen LogP contribution in [0.15, 0.2) is 46.9 Å². The molecular weight excluding hydrogens is 236 g/mol. The van der Waals surface area contributed by atoms with Gasteiger partial charge in [0.15, 0.2) is 0 Å². The third-order valence-corrected chi connectivity index (χ3v) is 3.54. The second-order valence-corrected chi connectivity index (χ2v) is 6.12. The van der Waals surface area contributed by atoms with Gasteiger partial charge in [0.1, 0.15) is 11.2 Å².